The lowest BCUT2D eigenvalue weighted by Gasteiger charge is -2.09. The number of methoxy groups -OCH3 is 1. The van der Waals surface area contributed by atoms with Gasteiger partial charge in [-0.2, -0.15) is 0 Å². The number of aryl methyl sites for hydroxylation is 1. The molecule has 3 aromatic rings. The fourth-order valence-electron chi connectivity index (χ4n) is 2.61. The Bertz CT molecular complexity index is 984. The summed E-state index contributed by atoms with van der Waals surface area (Å²) in [6, 6.07) is 18.1. The van der Waals surface area contributed by atoms with Gasteiger partial charge in [-0.1, -0.05) is 35.9 Å². The molecule has 0 spiro atoms. The molecule has 0 unspecified atom stereocenters. The molecule has 2 aromatic carbocycles. The molecule has 0 atom stereocenters. The number of esters is 1. The molecule has 0 aliphatic carbocycles. The van der Waals surface area contributed by atoms with E-state index in [-0.39, 0.29) is 5.91 Å². The lowest BCUT2D eigenvalue weighted by molar-refractivity contribution is 0.0600. The molecular formula is C22H21N3O3. The fraction of sp³-hybridized carbons (Fsp3) is 0.136. The highest BCUT2D eigenvalue weighted by atomic mass is 16.5. The van der Waals surface area contributed by atoms with Gasteiger partial charge in [-0.3, -0.25) is 4.79 Å². The second-order valence-corrected chi connectivity index (χ2v) is 6.30. The van der Waals surface area contributed by atoms with Crippen LogP contribution in [0.2, 0.25) is 0 Å². The summed E-state index contributed by atoms with van der Waals surface area (Å²) in [4.78, 5) is 28.4. The maximum Gasteiger partial charge on any atom is 0.337 e. The molecule has 0 saturated heterocycles. The van der Waals surface area contributed by atoms with Crippen LogP contribution in [0.3, 0.4) is 0 Å². The minimum Gasteiger partial charge on any atom is -0.465 e. The van der Waals surface area contributed by atoms with Gasteiger partial charge in [0.1, 0.15) is 5.82 Å². The number of pyridine rings is 1. The van der Waals surface area contributed by atoms with Crippen LogP contribution < -0.4 is 10.6 Å². The summed E-state index contributed by atoms with van der Waals surface area (Å²) in [5, 5.41) is 6.00. The number of benzene rings is 2. The standard InChI is InChI=1S/C22H21N3O3/c1-15-6-8-16(9-7-15)14-24-20-13-17(10-11-23-20)21(26)25-19-5-3-4-18(12-19)22(27)28-2/h3-13H,14H2,1-2H3,(H,23,24)(H,25,26). The molecule has 0 aliphatic rings. The number of carbonyl (C=O) groups excluding carboxylic acids is 2. The molecular weight excluding hydrogens is 354 g/mol. The zero-order chi connectivity index (χ0) is 19.9. The quantitative estimate of drug-likeness (QED) is 0.636. The Labute approximate surface area is 163 Å². The number of aromatic nitrogens is 1. The number of nitrogens with one attached hydrogen (secondary N) is 2. The molecule has 0 radical (unpaired) electrons. The molecule has 1 heterocycles. The van der Waals surface area contributed by atoms with Crippen LogP contribution in [0.1, 0.15) is 31.8 Å². The lowest BCUT2D eigenvalue weighted by Crippen LogP contribution is -2.13. The van der Waals surface area contributed by atoms with Crippen LogP contribution in [0.5, 0.6) is 0 Å². The van der Waals surface area contributed by atoms with E-state index in [0.29, 0.717) is 29.2 Å². The highest BCUT2D eigenvalue weighted by Gasteiger charge is 2.10. The van der Waals surface area contributed by atoms with Gasteiger partial charge in [0.2, 0.25) is 0 Å². The van der Waals surface area contributed by atoms with Gasteiger partial charge in [0, 0.05) is 24.0 Å². The summed E-state index contributed by atoms with van der Waals surface area (Å²) < 4.78 is 4.70. The summed E-state index contributed by atoms with van der Waals surface area (Å²) in [5.74, 6) is -0.137. The number of anilines is 2. The SMILES string of the molecule is COC(=O)c1cccc(NC(=O)c2ccnc(NCc3ccc(C)cc3)c2)c1. The number of carbonyl (C=O) groups is 2. The molecule has 0 fully saturated rings. The second kappa shape index (κ2) is 8.81. The van der Waals surface area contributed by atoms with Crippen molar-refractivity contribution in [2.45, 2.75) is 13.5 Å². The predicted molar refractivity (Wildman–Crippen MR) is 108 cm³/mol. The van der Waals surface area contributed by atoms with E-state index in [9.17, 15) is 9.59 Å². The van der Waals surface area contributed by atoms with Crippen LogP contribution in [0.4, 0.5) is 11.5 Å². The molecule has 6 nitrogen and oxygen atoms in total. The average molecular weight is 375 g/mol. The van der Waals surface area contributed by atoms with Crippen LogP contribution in [0, 0.1) is 6.92 Å². The van der Waals surface area contributed by atoms with E-state index >= 15 is 0 Å². The molecule has 6 heteroatoms. The largest absolute Gasteiger partial charge is 0.465 e. The van der Waals surface area contributed by atoms with Crippen molar-refractivity contribution in [3.8, 4) is 0 Å². The van der Waals surface area contributed by atoms with Crippen molar-refractivity contribution >= 4 is 23.4 Å². The Morgan fingerprint density at radius 2 is 1.79 bits per heavy atom. The molecule has 28 heavy (non-hydrogen) atoms. The van der Waals surface area contributed by atoms with Crippen LogP contribution in [0.25, 0.3) is 0 Å². The van der Waals surface area contributed by atoms with E-state index < -0.39 is 5.97 Å². The monoisotopic (exact) mass is 375 g/mol. The smallest absolute Gasteiger partial charge is 0.337 e. The van der Waals surface area contributed by atoms with Crippen molar-refractivity contribution in [1.82, 2.24) is 4.98 Å². The molecule has 0 bridgehead atoms. The molecule has 1 amide bonds. The summed E-state index contributed by atoms with van der Waals surface area (Å²) in [6.07, 6.45) is 1.58. The number of hydrogen-bond donors (Lipinski definition) is 2. The zero-order valence-corrected chi connectivity index (χ0v) is 15.7. The van der Waals surface area contributed by atoms with Gasteiger partial charge in [0.05, 0.1) is 12.7 Å². The van der Waals surface area contributed by atoms with E-state index in [0.717, 1.165) is 5.56 Å². The highest BCUT2D eigenvalue weighted by molar-refractivity contribution is 6.05. The number of hydrogen-bond acceptors (Lipinski definition) is 5. The first kappa shape index (κ1) is 19.1. The Hall–Kier alpha value is -3.67. The van der Waals surface area contributed by atoms with Gasteiger partial charge >= 0.3 is 5.97 Å². The summed E-state index contributed by atoms with van der Waals surface area (Å²) in [7, 11) is 1.32. The van der Waals surface area contributed by atoms with Gasteiger partial charge in [0.15, 0.2) is 0 Å². The summed E-state index contributed by atoms with van der Waals surface area (Å²) in [6.45, 7) is 2.65. The van der Waals surface area contributed by atoms with Gasteiger partial charge in [-0.05, 0) is 42.8 Å². The van der Waals surface area contributed by atoms with Crippen molar-refractivity contribution in [3.63, 3.8) is 0 Å². The van der Waals surface area contributed by atoms with Crippen LogP contribution in [-0.4, -0.2) is 24.0 Å². The van der Waals surface area contributed by atoms with Crippen molar-refractivity contribution in [3.05, 3.63) is 89.1 Å². The molecule has 2 N–H and O–H groups in total. The van der Waals surface area contributed by atoms with E-state index in [1.54, 1.807) is 42.6 Å². The predicted octanol–water partition coefficient (Wildman–Crippen LogP) is 4.04. The third-order valence-electron chi connectivity index (χ3n) is 4.16. The summed E-state index contributed by atoms with van der Waals surface area (Å²) >= 11 is 0. The van der Waals surface area contributed by atoms with Crippen molar-refractivity contribution in [2.24, 2.45) is 0 Å². The Morgan fingerprint density at radius 1 is 1.00 bits per heavy atom. The minimum absolute atomic E-state index is 0.289. The highest BCUT2D eigenvalue weighted by Crippen LogP contribution is 2.15. The minimum atomic E-state index is -0.456. The van der Waals surface area contributed by atoms with E-state index in [1.165, 1.54) is 12.7 Å². The third kappa shape index (κ3) is 4.94. The van der Waals surface area contributed by atoms with Gasteiger partial charge < -0.3 is 15.4 Å². The van der Waals surface area contributed by atoms with Gasteiger partial charge in [0.25, 0.3) is 5.91 Å². The topological polar surface area (TPSA) is 80.3 Å². The van der Waals surface area contributed by atoms with E-state index in [2.05, 4.69) is 27.8 Å². The molecule has 142 valence electrons. The Balaban J connectivity index is 1.66. The molecule has 0 aliphatic heterocycles. The normalized spacial score (nSPS) is 10.2. The van der Waals surface area contributed by atoms with Gasteiger partial charge in [-0.25, -0.2) is 9.78 Å². The Morgan fingerprint density at radius 3 is 2.54 bits per heavy atom. The maximum absolute atomic E-state index is 12.5. The van der Waals surface area contributed by atoms with Crippen LogP contribution in [0.15, 0.2) is 66.9 Å². The van der Waals surface area contributed by atoms with E-state index in [1.807, 2.05) is 19.1 Å². The van der Waals surface area contributed by atoms with Gasteiger partial charge in [-0.15, -0.1) is 0 Å². The number of nitrogens with zero attached hydrogens (tertiary/aromatic N) is 1. The van der Waals surface area contributed by atoms with Crippen molar-refractivity contribution in [1.29, 1.82) is 0 Å². The average Bonchev–Trinajstić information content (AvgIpc) is 2.73. The molecule has 1 aromatic heterocycles. The van der Waals surface area contributed by atoms with E-state index in [4.69, 9.17) is 4.74 Å². The number of rotatable bonds is 6. The summed E-state index contributed by atoms with van der Waals surface area (Å²) in [5.41, 5.74) is 3.68. The first-order valence-corrected chi connectivity index (χ1v) is 8.80. The second-order valence-electron chi connectivity index (χ2n) is 6.30. The lowest BCUT2D eigenvalue weighted by atomic mass is 10.1. The van der Waals surface area contributed by atoms with Crippen molar-refractivity contribution < 1.29 is 14.3 Å². The number of amides is 1. The maximum atomic E-state index is 12.5. The molecule has 3 rings (SSSR count). The van der Waals surface area contributed by atoms with Crippen LogP contribution in [-0.2, 0) is 11.3 Å². The third-order valence-corrected chi connectivity index (χ3v) is 4.16. The Kier molecular flexibility index (Phi) is 6.01. The first-order chi connectivity index (χ1) is 13.5. The van der Waals surface area contributed by atoms with Crippen LogP contribution >= 0.6 is 0 Å². The number of ether oxygens (including phenoxy) is 1. The fourth-order valence-corrected chi connectivity index (χ4v) is 2.61. The molecule has 0 saturated carbocycles. The first-order valence-electron chi connectivity index (χ1n) is 8.80. The zero-order valence-electron chi connectivity index (χ0n) is 15.7. The van der Waals surface area contributed by atoms with Crippen molar-refractivity contribution in [2.75, 3.05) is 17.7 Å².